The van der Waals surface area contributed by atoms with Gasteiger partial charge >= 0.3 is 0 Å². The van der Waals surface area contributed by atoms with Crippen LogP contribution >= 0.6 is 11.6 Å². The topological polar surface area (TPSA) is 76.4 Å². The summed E-state index contributed by atoms with van der Waals surface area (Å²) in [6, 6.07) is 13.5. The Hall–Kier alpha value is -2.99. The molecule has 1 heterocycles. The van der Waals surface area contributed by atoms with E-state index in [4.69, 9.17) is 16.3 Å². The van der Waals surface area contributed by atoms with Gasteiger partial charge in [0, 0.05) is 11.1 Å². The van der Waals surface area contributed by atoms with Crippen LogP contribution in [0, 0.1) is 0 Å². The summed E-state index contributed by atoms with van der Waals surface area (Å²) in [6.07, 6.45) is 1.59. The van der Waals surface area contributed by atoms with Gasteiger partial charge in [0.05, 0.1) is 25.4 Å². The number of aromatic nitrogens is 2. The minimum atomic E-state index is -0.450. The molecule has 2 N–H and O–H groups in total. The molecule has 0 aliphatic rings. The maximum Gasteiger partial charge on any atom is 0.260 e. The molecule has 7 heteroatoms. The van der Waals surface area contributed by atoms with Crippen LogP contribution in [-0.4, -0.2) is 27.9 Å². The first kappa shape index (κ1) is 16.9. The zero-order chi connectivity index (χ0) is 17.8. The van der Waals surface area contributed by atoms with E-state index in [9.17, 15) is 9.90 Å². The quantitative estimate of drug-likeness (QED) is 0.732. The van der Waals surface area contributed by atoms with Crippen LogP contribution in [0.25, 0.3) is 0 Å². The number of phenols is 1. The van der Waals surface area contributed by atoms with Gasteiger partial charge in [0.25, 0.3) is 5.91 Å². The van der Waals surface area contributed by atoms with Crippen LogP contribution in [0.2, 0.25) is 5.02 Å². The maximum absolute atomic E-state index is 12.5. The molecule has 6 nitrogen and oxygen atoms in total. The molecule has 2 aromatic carbocycles. The average molecular weight is 358 g/mol. The molecular formula is C18H16ClN3O3. The van der Waals surface area contributed by atoms with Crippen LogP contribution in [0.4, 0.5) is 5.82 Å². The van der Waals surface area contributed by atoms with Gasteiger partial charge in [-0.15, -0.1) is 0 Å². The molecule has 0 radical (unpaired) electrons. The predicted molar refractivity (Wildman–Crippen MR) is 95.4 cm³/mol. The highest BCUT2D eigenvalue weighted by atomic mass is 35.5. The Morgan fingerprint density at radius 3 is 2.72 bits per heavy atom. The third-order valence-corrected chi connectivity index (χ3v) is 3.90. The van der Waals surface area contributed by atoms with Crippen molar-refractivity contribution in [2.75, 3.05) is 12.4 Å². The van der Waals surface area contributed by atoms with E-state index in [2.05, 4.69) is 10.4 Å². The Labute approximate surface area is 149 Å². The highest BCUT2D eigenvalue weighted by Gasteiger charge is 2.15. The van der Waals surface area contributed by atoms with Gasteiger partial charge < -0.3 is 15.2 Å². The van der Waals surface area contributed by atoms with E-state index in [1.165, 1.54) is 19.2 Å². The highest BCUT2D eigenvalue weighted by Crippen LogP contribution is 2.24. The first-order chi connectivity index (χ1) is 12.1. The fourth-order valence-electron chi connectivity index (χ4n) is 2.34. The fourth-order valence-corrected chi connectivity index (χ4v) is 2.46. The summed E-state index contributed by atoms with van der Waals surface area (Å²) in [5.74, 6) is 0.427. The van der Waals surface area contributed by atoms with E-state index in [0.717, 1.165) is 5.56 Å². The van der Waals surface area contributed by atoms with E-state index >= 15 is 0 Å². The van der Waals surface area contributed by atoms with Crippen LogP contribution in [0.1, 0.15) is 15.9 Å². The van der Waals surface area contributed by atoms with Gasteiger partial charge in [0.2, 0.25) is 0 Å². The summed E-state index contributed by atoms with van der Waals surface area (Å²) >= 11 is 5.89. The summed E-state index contributed by atoms with van der Waals surface area (Å²) in [5, 5.41) is 17.5. The van der Waals surface area contributed by atoms with Gasteiger partial charge in [-0.25, -0.2) is 4.68 Å². The van der Waals surface area contributed by atoms with Gasteiger partial charge in [-0.05, 0) is 35.9 Å². The van der Waals surface area contributed by atoms with E-state index in [1.807, 2.05) is 12.1 Å². The number of nitrogens with zero attached hydrogens (tertiary/aromatic N) is 2. The lowest BCUT2D eigenvalue weighted by atomic mass is 10.1. The third kappa shape index (κ3) is 3.92. The molecule has 0 aliphatic carbocycles. The molecule has 0 saturated heterocycles. The lowest BCUT2D eigenvalue weighted by Crippen LogP contribution is -2.16. The van der Waals surface area contributed by atoms with Crippen molar-refractivity contribution in [1.29, 1.82) is 0 Å². The van der Waals surface area contributed by atoms with Gasteiger partial charge in [-0.1, -0.05) is 23.7 Å². The molecule has 128 valence electrons. The molecule has 0 spiro atoms. The van der Waals surface area contributed by atoms with Crippen LogP contribution < -0.4 is 10.1 Å². The maximum atomic E-state index is 12.5. The van der Waals surface area contributed by atoms with Crippen molar-refractivity contribution in [2.24, 2.45) is 0 Å². The van der Waals surface area contributed by atoms with Crippen molar-refractivity contribution in [3.8, 4) is 11.5 Å². The fraction of sp³-hybridized carbons (Fsp3) is 0.111. The Morgan fingerprint density at radius 2 is 2.00 bits per heavy atom. The molecule has 0 fully saturated rings. The van der Waals surface area contributed by atoms with Gasteiger partial charge in [0.1, 0.15) is 17.3 Å². The zero-order valence-corrected chi connectivity index (χ0v) is 14.2. The van der Waals surface area contributed by atoms with E-state index in [1.54, 1.807) is 35.1 Å². The molecule has 0 unspecified atom stereocenters. The molecule has 0 saturated carbocycles. The van der Waals surface area contributed by atoms with Crippen LogP contribution in [0.3, 0.4) is 0 Å². The minimum Gasteiger partial charge on any atom is -0.507 e. The first-order valence-electron chi connectivity index (χ1n) is 7.51. The number of rotatable bonds is 5. The van der Waals surface area contributed by atoms with Gasteiger partial charge in [0.15, 0.2) is 0 Å². The average Bonchev–Trinajstić information content (AvgIpc) is 3.04. The zero-order valence-electron chi connectivity index (χ0n) is 13.4. The van der Waals surface area contributed by atoms with Crippen LogP contribution in [0.5, 0.6) is 11.5 Å². The second-order valence-corrected chi connectivity index (χ2v) is 5.77. The summed E-state index contributed by atoms with van der Waals surface area (Å²) in [5.41, 5.74) is 1.12. The minimum absolute atomic E-state index is 0.123. The molecule has 25 heavy (non-hydrogen) atoms. The highest BCUT2D eigenvalue weighted by molar-refractivity contribution is 6.30. The van der Waals surface area contributed by atoms with Crippen molar-refractivity contribution in [3.05, 3.63) is 70.9 Å². The number of aromatic hydroxyl groups is 1. The number of carbonyl (C=O) groups is 1. The normalized spacial score (nSPS) is 10.5. The lowest BCUT2D eigenvalue weighted by Gasteiger charge is -2.11. The molecular weight excluding hydrogens is 342 g/mol. The molecule has 3 rings (SSSR count). The number of phenolic OH excluding ortho intramolecular Hbond substituents is 1. The van der Waals surface area contributed by atoms with E-state index < -0.39 is 5.91 Å². The largest absolute Gasteiger partial charge is 0.507 e. The van der Waals surface area contributed by atoms with E-state index in [-0.39, 0.29) is 11.3 Å². The van der Waals surface area contributed by atoms with Crippen LogP contribution in [-0.2, 0) is 6.54 Å². The molecule has 1 aromatic heterocycles. The van der Waals surface area contributed by atoms with Crippen molar-refractivity contribution >= 4 is 23.3 Å². The van der Waals surface area contributed by atoms with Crippen molar-refractivity contribution < 1.29 is 14.6 Å². The Kier molecular flexibility index (Phi) is 4.90. The number of anilines is 1. The standard InChI is InChI=1S/C18H16ClN3O3/c1-25-14-6-7-16(23)15(10-14)18(24)21-17-8-9-20-22(17)11-12-2-4-13(19)5-3-12/h2-10,23H,11H2,1H3,(H,21,24). The summed E-state index contributed by atoms with van der Waals surface area (Å²) in [6.45, 7) is 0.476. The molecule has 3 aromatic rings. The lowest BCUT2D eigenvalue weighted by molar-refractivity contribution is 0.102. The molecule has 0 aliphatic heterocycles. The summed E-state index contributed by atoms with van der Waals surface area (Å²) < 4.78 is 6.74. The second kappa shape index (κ2) is 7.27. The number of hydrogen-bond donors (Lipinski definition) is 2. The second-order valence-electron chi connectivity index (χ2n) is 5.34. The first-order valence-corrected chi connectivity index (χ1v) is 7.89. The van der Waals surface area contributed by atoms with E-state index in [0.29, 0.717) is 23.1 Å². The number of methoxy groups -OCH3 is 1. The Bertz CT molecular complexity index is 891. The van der Waals surface area contributed by atoms with Crippen molar-refractivity contribution in [3.63, 3.8) is 0 Å². The number of amides is 1. The number of nitrogens with one attached hydrogen (secondary N) is 1. The molecule has 1 amide bonds. The van der Waals surface area contributed by atoms with Gasteiger partial charge in [-0.2, -0.15) is 5.10 Å². The van der Waals surface area contributed by atoms with Crippen LogP contribution in [0.15, 0.2) is 54.7 Å². The number of hydrogen-bond acceptors (Lipinski definition) is 4. The summed E-state index contributed by atoms with van der Waals surface area (Å²) in [7, 11) is 1.50. The SMILES string of the molecule is COc1ccc(O)c(C(=O)Nc2ccnn2Cc2ccc(Cl)cc2)c1. The summed E-state index contributed by atoms with van der Waals surface area (Å²) in [4.78, 5) is 12.5. The van der Waals surface area contributed by atoms with Crippen molar-refractivity contribution in [2.45, 2.75) is 6.54 Å². The van der Waals surface area contributed by atoms with Gasteiger partial charge in [-0.3, -0.25) is 4.79 Å². The Morgan fingerprint density at radius 1 is 1.24 bits per heavy atom. The monoisotopic (exact) mass is 357 g/mol. The number of halogens is 1. The number of carbonyl (C=O) groups excluding carboxylic acids is 1. The Balaban J connectivity index is 1.79. The molecule has 0 bridgehead atoms. The number of benzene rings is 2. The van der Waals surface area contributed by atoms with Crippen molar-refractivity contribution in [1.82, 2.24) is 9.78 Å². The smallest absolute Gasteiger partial charge is 0.260 e. The number of ether oxygens (including phenoxy) is 1. The predicted octanol–water partition coefficient (Wildman–Crippen LogP) is 3.55. The third-order valence-electron chi connectivity index (χ3n) is 3.65. The molecule has 0 atom stereocenters.